The number of nitrogens with zero attached hydrogens (tertiary/aromatic N) is 5. The van der Waals surface area contributed by atoms with Gasteiger partial charge in [-0.2, -0.15) is 19.9 Å². The predicted octanol–water partition coefficient (Wildman–Crippen LogP) is 3.44. The number of nitrogens with one attached hydrogen (secondary N) is 2. The van der Waals surface area contributed by atoms with E-state index in [0.29, 0.717) is 17.0 Å². The van der Waals surface area contributed by atoms with Crippen LogP contribution in [0.25, 0.3) is 22.7 Å². The minimum absolute atomic E-state index is 0.0417. The third kappa shape index (κ3) is 3.72. The summed E-state index contributed by atoms with van der Waals surface area (Å²) in [7, 11) is 0. The standard InChI is InChI=1S/C23H17F2N7O2/c1-12-3-6-15(7-4-12)31-20-16(11-26-31)22(34)29-23(28-20)32-19(9-13(2)30-32)27-21(33)14-5-8-17(24)18(25)10-14/h3-11H,1-2H3,(H,27,33)(H,28,29,34). The van der Waals surface area contributed by atoms with E-state index in [0.717, 1.165) is 23.8 Å². The Labute approximate surface area is 190 Å². The van der Waals surface area contributed by atoms with E-state index in [1.807, 2.05) is 31.2 Å². The number of rotatable bonds is 4. The molecule has 0 atom stereocenters. The molecular formula is C23H17F2N7O2. The van der Waals surface area contributed by atoms with Crippen LogP contribution in [0.1, 0.15) is 21.6 Å². The predicted molar refractivity (Wildman–Crippen MR) is 120 cm³/mol. The highest BCUT2D eigenvalue weighted by Crippen LogP contribution is 2.19. The number of H-pyrrole nitrogens is 1. The van der Waals surface area contributed by atoms with Crippen molar-refractivity contribution in [2.75, 3.05) is 5.32 Å². The molecule has 5 aromatic rings. The topological polar surface area (TPSA) is 110 Å². The summed E-state index contributed by atoms with van der Waals surface area (Å²) < 4.78 is 29.6. The molecule has 0 saturated carbocycles. The van der Waals surface area contributed by atoms with E-state index in [2.05, 4.69) is 25.5 Å². The van der Waals surface area contributed by atoms with E-state index >= 15 is 0 Å². The van der Waals surface area contributed by atoms with Gasteiger partial charge in [0.15, 0.2) is 17.3 Å². The van der Waals surface area contributed by atoms with Gasteiger partial charge in [-0.1, -0.05) is 17.7 Å². The molecule has 0 aliphatic rings. The molecule has 5 rings (SSSR count). The van der Waals surface area contributed by atoms with Crippen molar-refractivity contribution in [3.8, 4) is 11.6 Å². The number of aromatic amines is 1. The quantitative estimate of drug-likeness (QED) is 0.426. The highest BCUT2D eigenvalue weighted by Gasteiger charge is 2.18. The van der Waals surface area contributed by atoms with Crippen LogP contribution >= 0.6 is 0 Å². The van der Waals surface area contributed by atoms with Crippen LogP contribution in [0, 0.1) is 25.5 Å². The first kappa shape index (κ1) is 21.2. The van der Waals surface area contributed by atoms with E-state index in [-0.39, 0.29) is 22.7 Å². The molecule has 0 fully saturated rings. The fourth-order valence-corrected chi connectivity index (χ4v) is 3.46. The second kappa shape index (κ2) is 8.03. The Bertz CT molecular complexity index is 1620. The maximum Gasteiger partial charge on any atom is 0.263 e. The summed E-state index contributed by atoms with van der Waals surface area (Å²) in [6.45, 7) is 3.65. The number of aryl methyl sites for hydroxylation is 2. The fourth-order valence-electron chi connectivity index (χ4n) is 3.46. The summed E-state index contributed by atoms with van der Waals surface area (Å²) in [5, 5.41) is 11.5. The molecule has 9 nitrogen and oxygen atoms in total. The number of benzene rings is 2. The number of anilines is 1. The molecule has 0 aliphatic heterocycles. The molecule has 11 heteroatoms. The zero-order chi connectivity index (χ0) is 24.0. The summed E-state index contributed by atoms with van der Waals surface area (Å²) in [5.41, 5.74) is 2.08. The zero-order valence-corrected chi connectivity index (χ0v) is 18.0. The van der Waals surface area contributed by atoms with Gasteiger partial charge in [0, 0.05) is 11.6 Å². The van der Waals surface area contributed by atoms with Crippen molar-refractivity contribution in [2.45, 2.75) is 13.8 Å². The van der Waals surface area contributed by atoms with Crippen LogP contribution in [0.3, 0.4) is 0 Å². The van der Waals surface area contributed by atoms with E-state index < -0.39 is 23.1 Å². The molecule has 3 aromatic heterocycles. The van der Waals surface area contributed by atoms with Crippen LogP contribution < -0.4 is 10.9 Å². The van der Waals surface area contributed by atoms with Gasteiger partial charge in [-0.05, 0) is 44.2 Å². The molecule has 2 aromatic carbocycles. The number of carbonyl (C=O) groups is 1. The number of hydrogen-bond acceptors (Lipinski definition) is 5. The molecule has 0 bridgehead atoms. The second-order valence-corrected chi connectivity index (χ2v) is 7.68. The monoisotopic (exact) mass is 461 g/mol. The van der Waals surface area contributed by atoms with Crippen molar-refractivity contribution in [3.63, 3.8) is 0 Å². The van der Waals surface area contributed by atoms with Crippen LogP contribution in [0.5, 0.6) is 0 Å². The summed E-state index contributed by atoms with van der Waals surface area (Å²) in [4.78, 5) is 32.5. The molecule has 0 saturated heterocycles. The molecule has 0 unspecified atom stereocenters. The molecular weight excluding hydrogens is 444 g/mol. The normalized spacial score (nSPS) is 11.2. The molecule has 0 radical (unpaired) electrons. The molecule has 170 valence electrons. The van der Waals surface area contributed by atoms with Gasteiger partial charge < -0.3 is 5.32 Å². The SMILES string of the molecule is Cc1ccc(-n2ncc3c(=O)[nH]c(-n4nc(C)cc4NC(=O)c4ccc(F)c(F)c4)nc32)cc1. The Morgan fingerprint density at radius 1 is 1.00 bits per heavy atom. The van der Waals surface area contributed by atoms with Gasteiger partial charge in [-0.3, -0.25) is 14.6 Å². The van der Waals surface area contributed by atoms with Crippen molar-refractivity contribution in [2.24, 2.45) is 0 Å². The lowest BCUT2D eigenvalue weighted by Gasteiger charge is -2.09. The minimum Gasteiger partial charge on any atom is -0.306 e. The van der Waals surface area contributed by atoms with Crippen LogP contribution in [-0.4, -0.2) is 35.4 Å². The number of fused-ring (bicyclic) bond motifs is 1. The van der Waals surface area contributed by atoms with Crippen molar-refractivity contribution >= 4 is 22.8 Å². The van der Waals surface area contributed by atoms with E-state index in [1.54, 1.807) is 13.0 Å². The van der Waals surface area contributed by atoms with E-state index in [4.69, 9.17) is 0 Å². The van der Waals surface area contributed by atoms with Crippen LogP contribution in [0.15, 0.2) is 59.5 Å². The first-order chi connectivity index (χ1) is 16.3. The smallest absolute Gasteiger partial charge is 0.263 e. The summed E-state index contributed by atoms with van der Waals surface area (Å²) >= 11 is 0. The Hall–Kier alpha value is -4.67. The van der Waals surface area contributed by atoms with Gasteiger partial charge in [-0.15, -0.1) is 0 Å². The van der Waals surface area contributed by atoms with Gasteiger partial charge in [0.1, 0.15) is 11.2 Å². The van der Waals surface area contributed by atoms with E-state index in [1.165, 1.54) is 15.6 Å². The number of hydrogen-bond donors (Lipinski definition) is 2. The summed E-state index contributed by atoms with van der Waals surface area (Å²) in [5.74, 6) is -2.67. The number of carbonyl (C=O) groups excluding carboxylic acids is 1. The van der Waals surface area contributed by atoms with Crippen molar-refractivity contribution < 1.29 is 13.6 Å². The molecule has 3 heterocycles. The van der Waals surface area contributed by atoms with Gasteiger partial charge in [0.25, 0.3) is 11.5 Å². The third-order valence-electron chi connectivity index (χ3n) is 5.16. The van der Waals surface area contributed by atoms with Gasteiger partial charge in [-0.25, -0.2) is 13.5 Å². The molecule has 0 aliphatic carbocycles. The Kier molecular flexibility index (Phi) is 5.01. The lowest BCUT2D eigenvalue weighted by atomic mass is 10.2. The molecule has 0 spiro atoms. The molecule has 1 amide bonds. The second-order valence-electron chi connectivity index (χ2n) is 7.68. The largest absolute Gasteiger partial charge is 0.306 e. The summed E-state index contributed by atoms with van der Waals surface area (Å²) in [6.07, 6.45) is 1.42. The first-order valence-electron chi connectivity index (χ1n) is 10.2. The summed E-state index contributed by atoms with van der Waals surface area (Å²) in [6, 6.07) is 11.9. The van der Waals surface area contributed by atoms with Crippen molar-refractivity contribution in [3.05, 3.63) is 93.5 Å². The van der Waals surface area contributed by atoms with Gasteiger partial charge >= 0.3 is 0 Å². The van der Waals surface area contributed by atoms with Crippen LogP contribution in [-0.2, 0) is 0 Å². The number of halogens is 2. The lowest BCUT2D eigenvalue weighted by molar-refractivity contribution is 0.102. The Balaban J connectivity index is 1.57. The Morgan fingerprint density at radius 2 is 1.76 bits per heavy atom. The highest BCUT2D eigenvalue weighted by atomic mass is 19.2. The van der Waals surface area contributed by atoms with Crippen molar-refractivity contribution in [1.82, 2.24) is 29.5 Å². The van der Waals surface area contributed by atoms with Gasteiger partial charge in [0.2, 0.25) is 5.95 Å². The maximum absolute atomic E-state index is 13.6. The van der Waals surface area contributed by atoms with E-state index in [9.17, 15) is 18.4 Å². The first-order valence-corrected chi connectivity index (χ1v) is 10.2. The molecule has 34 heavy (non-hydrogen) atoms. The Morgan fingerprint density at radius 3 is 2.50 bits per heavy atom. The van der Waals surface area contributed by atoms with Crippen LogP contribution in [0.4, 0.5) is 14.6 Å². The average molecular weight is 461 g/mol. The van der Waals surface area contributed by atoms with Crippen LogP contribution in [0.2, 0.25) is 0 Å². The zero-order valence-electron chi connectivity index (χ0n) is 18.0. The lowest BCUT2D eigenvalue weighted by Crippen LogP contribution is -2.19. The third-order valence-corrected chi connectivity index (χ3v) is 5.16. The fraction of sp³-hybridized carbons (Fsp3) is 0.0870. The average Bonchev–Trinajstić information content (AvgIpc) is 3.39. The number of amides is 1. The van der Waals surface area contributed by atoms with Crippen molar-refractivity contribution in [1.29, 1.82) is 0 Å². The molecule has 2 N–H and O–H groups in total. The minimum atomic E-state index is -1.14. The maximum atomic E-state index is 13.6. The number of aromatic nitrogens is 6. The van der Waals surface area contributed by atoms with Gasteiger partial charge in [0.05, 0.1) is 17.6 Å². The highest BCUT2D eigenvalue weighted by molar-refractivity contribution is 6.04.